The maximum absolute atomic E-state index is 10.6. The first-order valence-corrected chi connectivity index (χ1v) is 6.87. The second kappa shape index (κ2) is 5.29. The largest absolute Gasteiger partial charge is 0.270 e. The summed E-state index contributed by atoms with van der Waals surface area (Å²) < 4.78 is 25.7. The van der Waals surface area contributed by atoms with Crippen LogP contribution >= 0.6 is 11.3 Å². The van der Waals surface area contributed by atoms with Gasteiger partial charge in [0.1, 0.15) is 0 Å². The number of thiophene rings is 1. The zero-order valence-corrected chi connectivity index (χ0v) is 9.48. The Kier molecular flexibility index (Phi) is 4.31. The van der Waals surface area contributed by atoms with Gasteiger partial charge in [-0.1, -0.05) is 12.2 Å². The van der Waals surface area contributed by atoms with Crippen LogP contribution in [0.5, 0.6) is 0 Å². The molecular weight excluding hydrogens is 220 g/mol. The van der Waals surface area contributed by atoms with Crippen molar-refractivity contribution in [2.45, 2.75) is 6.42 Å². The predicted molar refractivity (Wildman–Crippen MR) is 58.8 cm³/mol. The Morgan fingerprint density at radius 2 is 2.36 bits per heavy atom. The van der Waals surface area contributed by atoms with E-state index in [1.807, 2.05) is 29.0 Å². The number of rotatable bonds is 5. The van der Waals surface area contributed by atoms with E-state index < -0.39 is 10.1 Å². The van der Waals surface area contributed by atoms with Crippen LogP contribution in [0, 0.1) is 0 Å². The second-order valence-electron chi connectivity index (χ2n) is 2.77. The van der Waals surface area contributed by atoms with E-state index in [0.29, 0.717) is 6.42 Å². The van der Waals surface area contributed by atoms with E-state index in [4.69, 9.17) is 0 Å². The van der Waals surface area contributed by atoms with Gasteiger partial charge in [0.2, 0.25) is 0 Å². The van der Waals surface area contributed by atoms with Gasteiger partial charge in [-0.25, -0.2) is 0 Å². The third kappa shape index (κ3) is 5.16. The highest BCUT2D eigenvalue weighted by molar-refractivity contribution is 7.85. The molecular formula is C9H12O3S2. The van der Waals surface area contributed by atoms with Gasteiger partial charge in [-0.05, 0) is 28.8 Å². The minimum Gasteiger partial charge on any atom is -0.270 e. The normalized spacial score (nSPS) is 12.4. The molecule has 14 heavy (non-hydrogen) atoms. The topological polar surface area (TPSA) is 43.4 Å². The summed E-state index contributed by atoms with van der Waals surface area (Å²) in [5, 5.41) is 4.01. The van der Waals surface area contributed by atoms with Crippen molar-refractivity contribution < 1.29 is 12.6 Å². The van der Waals surface area contributed by atoms with E-state index in [9.17, 15) is 8.42 Å². The van der Waals surface area contributed by atoms with E-state index in [2.05, 4.69) is 4.18 Å². The lowest BCUT2D eigenvalue weighted by Crippen LogP contribution is -2.02. The summed E-state index contributed by atoms with van der Waals surface area (Å²) in [4.78, 5) is 0. The average molecular weight is 232 g/mol. The molecule has 0 aliphatic carbocycles. The minimum absolute atomic E-state index is 0.208. The zero-order chi connectivity index (χ0) is 10.4. The van der Waals surface area contributed by atoms with Crippen molar-refractivity contribution in [1.82, 2.24) is 0 Å². The molecule has 1 heterocycles. The van der Waals surface area contributed by atoms with Crippen molar-refractivity contribution in [3.63, 3.8) is 0 Å². The summed E-state index contributed by atoms with van der Waals surface area (Å²) in [6.07, 6.45) is 5.49. The van der Waals surface area contributed by atoms with E-state index in [-0.39, 0.29) is 6.61 Å². The maximum atomic E-state index is 10.6. The van der Waals surface area contributed by atoms with Gasteiger partial charge in [0.15, 0.2) is 0 Å². The molecule has 0 atom stereocenters. The molecule has 0 N–H and O–H groups in total. The Balaban J connectivity index is 2.22. The summed E-state index contributed by atoms with van der Waals surface area (Å²) in [6.45, 7) is 0.208. The van der Waals surface area contributed by atoms with Crippen LogP contribution in [0.3, 0.4) is 0 Å². The van der Waals surface area contributed by atoms with E-state index in [0.717, 1.165) is 11.8 Å². The van der Waals surface area contributed by atoms with Crippen molar-refractivity contribution in [3.8, 4) is 0 Å². The molecule has 0 spiro atoms. The molecule has 0 aromatic carbocycles. The summed E-state index contributed by atoms with van der Waals surface area (Å²) in [5.74, 6) is 0. The lowest BCUT2D eigenvalue weighted by molar-refractivity contribution is 0.329. The van der Waals surface area contributed by atoms with Gasteiger partial charge >= 0.3 is 0 Å². The monoisotopic (exact) mass is 232 g/mol. The highest BCUT2D eigenvalue weighted by atomic mass is 32.2. The second-order valence-corrected chi connectivity index (χ2v) is 5.20. The minimum atomic E-state index is -3.29. The van der Waals surface area contributed by atoms with Crippen LogP contribution in [0.15, 0.2) is 22.9 Å². The van der Waals surface area contributed by atoms with Crippen molar-refractivity contribution >= 4 is 27.5 Å². The highest BCUT2D eigenvalue weighted by Crippen LogP contribution is 2.08. The Morgan fingerprint density at radius 3 is 2.93 bits per heavy atom. The fourth-order valence-corrected chi connectivity index (χ4v) is 1.88. The molecule has 3 nitrogen and oxygen atoms in total. The first-order chi connectivity index (χ1) is 6.58. The number of hydrogen-bond donors (Lipinski definition) is 0. The standard InChI is InChI=1S/C9H12O3S2/c1-14(10,11)12-6-3-2-4-9-5-7-13-8-9/h2,4-5,7-8H,3,6H2,1H3/b4-2+. The molecule has 0 aliphatic rings. The van der Waals surface area contributed by atoms with Gasteiger partial charge in [-0.3, -0.25) is 4.18 Å². The Bertz CT molecular complexity index is 376. The molecule has 0 amide bonds. The van der Waals surface area contributed by atoms with Crippen LogP contribution in [0.1, 0.15) is 12.0 Å². The molecule has 0 aliphatic heterocycles. The first-order valence-electron chi connectivity index (χ1n) is 4.11. The summed E-state index contributed by atoms with van der Waals surface area (Å²) >= 11 is 1.63. The molecule has 0 saturated carbocycles. The maximum Gasteiger partial charge on any atom is 0.264 e. The predicted octanol–water partition coefficient (Wildman–Crippen LogP) is 2.13. The number of hydrogen-bond acceptors (Lipinski definition) is 4. The molecule has 0 saturated heterocycles. The van der Waals surface area contributed by atoms with Crippen LogP contribution in [-0.4, -0.2) is 21.3 Å². The SMILES string of the molecule is CS(=O)(=O)OCC/C=C/c1ccsc1. The molecule has 1 aromatic rings. The molecule has 5 heteroatoms. The van der Waals surface area contributed by atoms with Crippen LogP contribution in [0.2, 0.25) is 0 Å². The van der Waals surface area contributed by atoms with Gasteiger partial charge < -0.3 is 0 Å². The third-order valence-electron chi connectivity index (χ3n) is 1.44. The fraction of sp³-hybridized carbons (Fsp3) is 0.333. The van der Waals surface area contributed by atoms with E-state index in [1.54, 1.807) is 11.3 Å². The molecule has 78 valence electrons. The first kappa shape index (κ1) is 11.4. The Morgan fingerprint density at radius 1 is 1.57 bits per heavy atom. The van der Waals surface area contributed by atoms with Gasteiger partial charge in [-0.2, -0.15) is 19.8 Å². The molecule has 0 radical (unpaired) electrons. The molecule has 0 fully saturated rings. The summed E-state index contributed by atoms with van der Waals surface area (Å²) in [5.41, 5.74) is 1.13. The summed E-state index contributed by atoms with van der Waals surface area (Å²) in [7, 11) is -3.29. The highest BCUT2D eigenvalue weighted by Gasteiger charge is 1.98. The molecule has 1 rings (SSSR count). The van der Waals surface area contributed by atoms with Crippen LogP contribution < -0.4 is 0 Å². The molecule has 0 bridgehead atoms. The van der Waals surface area contributed by atoms with Gasteiger partial charge in [-0.15, -0.1) is 0 Å². The van der Waals surface area contributed by atoms with Crippen LogP contribution in [0.25, 0.3) is 6.08 Å². The van der Waals surface area contributed by atoms with Gasteiger partial charge in [0, 0.05) is 0 Å². The van der Waals surface area contributed by atoms with Crippen LogP contribution in [-0.2, 0) is 14.3 Å². The quantitative estimate of drug-likeness (QED) is 0.577. The zero-order valence-electron chi connectivity index (χ0n) is 7.84. The van der Waals surface area contributed by atoms with Crippen molar-refractivity contribution in [2.75, 3.05) is 12.9 Å². The Hall–Kier alpha value is -0.650. The third-order valence-corrected chi connectivity index (χ3v) is 2.73. The Labute approximate surface area is 88.2 Å². The average Bonchev–Trinajstić information content (AvgIpc) is 2.54. The van der Waals surface area contributed by atoms with Gasteiger partial charge in [0.05, 0.1) is 12.9 Å². The van der Waals surface area contributed by atoms with Crippen molar-refractivity contribution in [3.05, 3.63) is 28.5 Å². The summed E-state index contributed by atoms with van der Waals surface area (Å²) in [6, 6.07) is 2.00. The lowest BCUT2D eigenvalue weighted by Gasteiger charge is -1.96. The van der Waals surface area contributed by atoms with Gasteiger partial charge in [0.25, 0.3) is 10.1 Å². The smallest absolute Gasteiger partial charge is 0.264 e. The molecule has 0 unspecified atom stereocenters. The van der Waals surface area contributed by atoms with E-state index >= 15 is 0 Å². The van der Waals surface area contributed by atoms with E-state index in [1.165, 1.54) is 0 Å². The van der Waals surface area contributed by atoms with Crippen LogP contribution in [0.4, 0.5) is 0 Å². The fourth-order valence-electron chi connectivity index (χ4n) is 0.857. The molecule has 1 aromatic heterocycles. The van der Waals surface area contributed by atoms with Crippen molar-refractivity contribution in [1.29, 1.82) is 0 Å². The van der Waals surface area contributed by atoms with Crippen molar-refractivity contribution in [2.24, 2.45) is 0 Å². The lowest BCUT2D eigenvalue weighted by atomic mass is 10.3.